The van der Waals surface area contributed by atoms with Gasteiger partial charge in [-0.2, -0.15) is 5.26 Å². The molecule has 0 atom stereocenters. The van der Waals surface area contributed by atoms with E-state index in [2.05, 4.69) is 44.8 Å². The molecule has 0 radical (unpaired) electrons. The van der Waals surface area contributed by atoms with Crippen molar-refractivity contribution in [3.63, 3.8) is 0 Å². The van der Waals surface area contributed by atoms with E-state index in [0.717, 1.165) is 27.7 Å². The van der Waals surface area contributed by atoms with Gasteiger partial charge in [0.15, 0.2) is 0 Å². The minimum absolute atomic E-state index is 0.282. The fourth-order valence-corrected chi connectivity index (χ4v) is 3.08. The first kappa shape index (κ1) is 15.5. The average molecular weight is 300 g/mol. The number of aromatic nitrogens is 1. The van der Waals surface area contributed by atoms with E-state index in [0.29, 0.717) is 6.61 Å². The number of hydrogen-bond acceptors (Lipinski definition) is 4. The molecule has 0 saturated carbocycles. The summed E-state index contributed by atoms with van der Waals surface area (Å²) < 4.78 is 5.85. The monoisotopic (exact) mass is 300 g/mol. The van der Waals surface area contributed by atoms with Crippen molar-refractivity contribution < 1.29 is 4.74 Å². The van der Waals surface area contributed by atoms with Gasteiger partial charge in [-0.1, -0.05) is 26.0 Å². The Balaban J connectivity index is 2.01. The first-order valence-electron chi connectivity index (χ1n) is 7.11. The number of nitrogens with zero attached hydrogens (tertiary/aromatic N) is 2. The highest BCUT2D eigenvalue weighted by molar-refractivity contribution is 7.12. The normalized spacial score (nSPS) is 10.7. The van der Waals surface area contributed by atoms with Crippen molar-refractivity contribution in [1.82, 2.24) is 4.98 Å². The molecule has 0 saturated heterocycles. The van der Waals surface area contributed by atoms with Crippen LogP contribution in [0.2, 0.25) is 0 Å². The Bertz CT molecular complexity index is 668. The number of hydrogen-bond donors (Lipinski definition) is 0. The first-order chi connectivity index (χ1) is 10.0. The summed E-state index contributed by atoms with van der Waals surface area (Å²) in [5.74, 6) is 1.21. The summed E-state index contributed by atoms with van der Waals surface area (Å²) in [4.78, 5) is 5.30. The molecule has 0 aliphatic heterocycles. The third-order valence-electron chi connectivity index (χ3n) is 3.47. The van der Waals surface area contributed by atoms with Gasteiger partial charge in [-0.25, -0.2) is 4.98 Å². The molecule has 0 unspecified atom stereocenters. The second-order valence-electron chi connectivity index (χ2n) is 5.38. The molecule has 0 aliphatic carbocycles. The van der Waals surface area contributed by atoms with Crippen molar-refractivity contribution in [1.29, 1.82) is 5.26 Å². The summed E-state index contributed by atoms with van der Waals surface area (Å²) in [6, 6.07) is 8.31. The van der Waals surface area contributed by atoms with E-state index >= 15 is 0 Å². The SMILES string of the molecule is Cc1cccc(OCCc2nc(C(C)C)c(C#N)s2)c1C. The summed E-state index contributed by atoms with van der Waals surface area (Å²) in [6.07, 6.45) is 0.736. The van der Waals surface area contributed by atoms with Crippen molar-refractivity contribution in [3.8, 4) is 11.8 Å². The van der Waals surface area contributed by atoms with Gasteiger partial charge in [0.1, 0.15) is 16.7 Å². The van der Waals surface area contributed by atoms with Gasteiger partial charge in [-0.05, 0) is 37.0 Å². The van der Waals surface area contributed by atoms with Gasteiger partial charge in [0.25, 0.3) is 0 Å². The van der Waals surface area contributed by atoms with Gasteiger partial charge in [-0.15, -0.1) is 11.3 Å². The van der Waals surface area contributed by atoms with Gasteiger partial charge in [-0.3, -0.25) is 0 Å². The highest BCUT2D eigenvalue weighted by atomic mass is 32.1. The lowest BCUT2D eigenvalue weighted by Crippen LogP contribution is -2.03. The van der Waals surface area contributed by atoms with Crippen molar-refractivity contribution >= 4 is 11.3 Å². The molecule has 4 heteroatoms. The molecule has 0 amide bonds. The van der Waals surface area contributed by atoms with Crippen LogP contribution < -0.4 is 4.74 Å². The Labute approximate surface area is 130 Å². The van der Waals surface area contributed by atoms with Crippen molar-refractivity contribution in [2.75, 3.05) is 6.61 Å². The molecule has 0 N–H and O–H groups in total. The zero-order chi connectivity index (χ0) is 15.4. The number of rotatable bonds is 5. The van der Waals surface area contributed by atoms with Gasteiger partial charge in [0.2, 0.25) is 0 Å². The molecular weight excluding hydrogens is 280 g/mol. The predicted octanol–water partition coefficient (Wildman–Crippen LogP) is 4.38. The molecule has 0 bridgehead atoms. The Hall–Kier alpha value is -1.86. The molecule has 1 heterocycles. The fourth-order valence-electron chi connectivity index (χ4n) is 2.09. The summed E-state index contributed by atoms with van der Waals surface area (Å²) in [7, 11) is 0. The van der Waals surface area contributed by atoms with Crippen LogP contribution in [0.3, 0.4) is 0 Å². The maximum atomic E-state index is 9.14. The minimum Gasteiger partial charge on any atom is -0.493 e. The zero-order valence-electron chi connectivity index (χ0n) is 12.9. The lowest BCUT2D eigenvalue weighted by Gasteiger charge is -2.09. The molecular formula is C17H20N2OS. The molecule has 0 spiro atoms. The van der Waals surface area contributed by atoms with Crippen LogP contribution in [0, 0.1) is 25.2 Å². The molecule has 0 aliphatic rings. The Morgan fingerprint density at radius 3 is 2.71 bits per heavy atom. The standard InChI is InChI=1S/C17H20N2OS/c1-11(2)17-15(10-18)21-16(19-17)8-9-20-14-7-5-6-12(3)13(14)4/h5-7,11H,8-9H2,1-4H3. The van der Waals surface area contributed by atoms with E-state index in [4.69, 9.17) is 10.00 Å². The summed E-state index contributed by atoms with van der Waals surface area (Å²) in [5.41, 5.74) is 3.32. The van der Waals surface area contributed by atoms with Crippen molar-refractivity contribution in [2.45, 2.75) is 40.0 Å². The van der Waals surface area contributed by atoms with Crippen molar-refractivity contribution in [2.24, 2.45) is 0 Å². The third-order valence-corrected chi connectivity index (χ3v) is 4.51. The number of thiazole rings is 1. The molecule has 110 valence electrons. The predicted molar refractivity (Wildman–Crippen MR) is 86.0 cm³/mol. The van der Waals surface area contributed by atoms with Crippen LogP contribution in [0.4, 0.5) is 0 Å². The molecule has 3 nitrogen and oxygen atoms in total. The summed E-state index contributed by atoms with van der Waals surface area (Å²) in [6.45, 7) is 8.86. The van der Waals surface area contributed by atoms with Gasteiger partial charge < -0.3 is 4.74 Å². The molecule has 1 aromatic heterocycles. The largest absolute Gasteiger partial charge is 0.493 e. The van der Waals surface area contributed by atoms with Crippen LogP contribution in [0.5, 0.6) is 5.75 Å². The maximum Gasteiger partial charge on any atom is 0.128 e. The highest BCUT2D eigenvalue weighted by Crippen LogP contribution is 2.25. The van der Waals surface area contributed by atoms with E-state index in [-0.39, 0.29) is 5.92 Å². The van der Waals surface area contributed by atoms with Gasteiger partial charge in [0.05, 0.1) is 17.3 Å². The number of nitriles is 1. The van der Waals surface area contributed by atoms with E-state index < -0.39 is 0 Å². The lowest BCUT2D eigenvalue weighted by atomic mass is 10.1. The van der Waals surface area contributed by atoms with Crippen LogP contribution in [-0.4, -0.2) is 11.6 Å². The van der Waals surface area contributed by atoms with Crippen molar-refractivity contribution in [3.05, 3.63) is 44.9 Å². The van der Waals surface area contributed by atoms with Crippen LogP contribution in [0.25, 0.3) is 0 Å². The second-order valence-corrected chi connectivity index (χ2v) is 6.47. The Kier molecular flexibility index (Phi) is 4.98. The van der Waals surface area contributed by atoms with E-state index in [1.54, 1.807) is 0 Å². The summed E-state index contributed by atoms with van der Waals surface area (Å²) >= 11 is 1.48. The number of ether oxygens (including phenoxy) is 1. The second kappa shape index (κ2) is 6.73. The Morgan fingerprint density at radius 2 is 2.10 bits per heavy atom. The van der Waals surface area contributed by atoms with Gasteiger partial charge in [0, 0.05) is 6.42 Å². The van der Waals surface area contributed by atoms with Crippen LogP contribution in [-0.2, 0) is 6.42 Å². The molecule has 2 rings (SSSR count). The topological polar surface area (TPSA) is 45.9 Å². The fraction of sp³-hybridized carbons (Fsp3) is 0.412. The van der Waals surface area contributed by atoms with Crippen LogP contribution in [0.15, 0.2) is 18.2 Å². The molecule has 1 aromatic carbocycles. The summed E-state index contributed by atoms with van der Waals surface area (Å²) in [5, 5.41) is 10.1. The van der Waals surface area contributed by atoms with Gasteiger partial charge >= 0.3 is 0 Å². The third kappa shape index (κ3) is 3.62. The smallest absolute Gasteiger partial charge is 0.128 e. The average Bonchev–Trinajstić information content (AvgIpc) is 2.87. The molecule has 21 heavy (non-hydrogen) atoms. The maximum absolute atomic E-state index is 9.14. The number of aryl methyl sites for hydroxylation is 1. The highest BCUT2D eigenvalue weighted by Gasteiger charge is 2.14. The Morgan fingerprint density at radius 1 is 1.33 bits per heavy atom. The first-order valence-corrected chi connectivity index (χ1v) is 7.93. The van der Waals surface area contributed by atoms with E-state index in [9.17, 15) is 0 Å². The lowest BCUT2D eigenvalue weighted by molar-refractivity contribution is 0.319. The number of benzene rings is 1. The molecule has 0 fully saturated rings. The van der Waals surface area contributed by atoms with E-state index in [1.807, 2.05) is 12.1 Å². The van der Waals surface area contributed by atoms with E-state index in [1.165, 1.54) is 22.5 Å². The quantitative estimate of drug-likeness (QED) is 0.823. The van der Waals surface area contributed by atoms with Crippen LogP contribution >= 0.6 is 11.3 Å². The zero-order valence-corrected chi connectivity index (χ0v) is 13.8. The minimum atomic E-state index is 0.282. The van der Waals surface area contributed by atoms with Crippen LogP contribution in [0.1, 0.15) is 46.5 Å². The molecule has 2 aromatic rings.